The first-order chi connectivity index (χ1) is 12.0. The summed E-state index contributed by atoms with van der Waals surface area (Å²) in [5.74, 6) is 1.26. The van der Waals surface area contributed by atoms with Gasteiger partial charge < -0.3 is 14.9 Å². The molecular weight excluding hydrogens is 318 g/mol. The first-order valence-electron chi connectivity index (χ1n) is 8.45. The van der Waals surface area contributed by atoms with Crippen molar-refractivity contribution in [1.82, 2.24) is 19.9 Å². The standard InChI is InChI=1S/C18H23N5O2/c1-4-15(24)18(25)23-10-7-13-14(11-23)20-16(21-17(13)22(2)3)12-5-8-19-9-6-12/h5-6,8-9,15,24H,4,7,10-11H2,1-3H3. The molecule has 1 aliphatic rings. The molecule has 2 aromatic heterocycles. The summed E-state index contributed by atoms with van der Waals surface area (Å²) in [7, 11) is 3.91. The number of hydrogen-bond donors (Lipinski definition) is 1. The van der Waals surface area contributed by atoms with Crippen molar-refractivity contribution >= 4 is 11.7 Å². The number of amides is 1. The molecular formula is C18H23N5O2. The van der Waals surface area contributed by atoms with Crippen LogP contribution >= 0.6 is 0 Å². The minimum Gasteiger partial charge on any atom is -0.383 e. The van der Waals surface area contributed by atoms with E-state index in [0.717, 1.165) is 22.6 Å². The average molecular weight is 341 g/mol. The van der Waals surface area contributed by atoms with E-state index in [2.05, 4.69) is 4.98 Å². The summed E-state index contributed by atoms with van der Waals surface area (Å²) >= 11 is 0. The maximum atomic E-state index is 12.3. The van der Waals surface area contributed by atoms with E-state index in [1.165, 1.54) is 0 Å². The second kappa shape index (κ2) is 7.14. The van der Waals surface area contributed by atoms with E-state index in [-0.39, 0.29) is 5.91 Å². The fourth-order valence-corrected chi connectivity index (χ4v) is 2.98. The van der Waals surface area contributed by atoms with Gasteiger partial charge in [-0.2, -0.15) is 0 Å². The third-order valence-corrected chi connectivity index (χ3v) is 4.39. The Morgan fingerprint density at radius 3 is 2.68 bits per heavy atom. The first-order valence-corrected chi connectivity index (χ1v) is 8.45. The maximum Gasteiger partial charge on any atom is 0.251 e. The highest BCUT2D eigenvalue weighted by Crippen LogP contribution is 2.28. The molecule has 132 valence electrons. The van der Waals surface area contributed by atoms with Crippen LogP contribution < -0.4 is 4.90 Å². The van der Waals surface area contributed by atoms with Crippen molar-refractivity contribution in [2.45, 2.75) is 32.4 Å². The molecule has 3 rings (SSSR count). The van der Waals surface area contributed by atoms with Crippen molar-refractivity contribution in [2.24, 2.45) is 0 Å². The summed E-state index contributed by atoms with van der Waals surface area (Å²) in [5.41, 5.74) is 2.80. The van der Waals surface area contributed by atoms with Gasteiger partial charge in [0.05, 0.1) is 12.2 Å². The largest absolute Gasteiger partial charge is 0.383 e. The second-order valence-electron chi connectivity index (χ2n) is 6.36. The molecule has 0 spiro atoms. The lowest BCUT2D eigenvalue weighted by Crippen LogP contribution is -2.42. The van der Waals surface area contributed by atoms with Crippen LogP contribution in [-0.2, 0) is 17.8 Å². The molecule has 25 heavy (non-hydrogen) atoms. The van der Waals surface area contributed by atoms with Crippen molar-refractivity contribution in [3.63, 3.8) is 0 Å². The number of aliphatic hydroxyl groups excluding tert-OH is 1. The number of rotatable bonds is 4. The number of pyridine rings is 1. The molecule has 0 aromatic carbocycles. The molecule has 0 aliphatic carbocycles. The van der Waals surface area contributed by atoms with E-state index >= 15 is 0 Å². The number of aliphatic hydroxyl groups is 1. The van der Waals surface area contributed by atoms with Crippen LogP contribution in [0.3, 0.4) is 0 Å². The van der Waals surface area contributed by atoms with Crippen LogP contribution in [0.25, 0.3) is 11.4 Å². The van der Waals surface area contributed by atoms with Crippen molar-refractivity contribution < 1.29 is 9.90 Å². The minimum atomic E-state index is -0.948. The third-order valence-electron chi connectivity index (χ3n) is 4.39. The number of fused-ring (bicyclic) bond motifs is 1. The zero-order chi connectivity index (χ0) is 18.0. The molecule has 1 unspecified atom stereocenters. The van der Waals surface area contributed by atoms with Gasteiger partial charge in [-0.15, -0.1) is 0 Å². The lowest BCUT2D eigenvalue weighted by atomic mass is 10.0. The Hall–Kier alpha value is -2.54. The molecule has 2 aromatic rings. The molecule has 1 atom stereocenters. The minimum absolute atomic E-state index is 0.233. The van der Waals surface area contributed by atoms with Crippen molar-refractivity contribution in [3.8, 4) is 11.4 Å². The summed E-state index contributed by atoms with van der Waals surface area (Å²) in [6.45, 7) is 2.77. The summed E-state index contributed by atoms with van der Waals surface area (Å²) < 4.78 is 0. The smallest absolute Gasteiger partial charge is 0.251 e. The number of carbonyl (C=O) groups excluding carboxylic acids is 1. The van der Waals surface area contributed by atoms with E-state index in [1.807, 2.05) is 31.1 Å². The predicted octanol–water partition coefficient (Wildman–Crippen LogP) is 1.26. The molecule has 7 heteroatoms. The third kappa shape index (κ3) is 3.46. The molecule has 7 nitrogen and oxygen atoms in total. The highest BCUT2D eigenvalue weighted by atomic mass is 16.3. The summed E-state index contributed by atoms with van der Waals surface area (Å²) in [6, 6.07) is 3.74. The zero-order valence-corrected chi connectivity index (χ0v) is 14.8. The number of hydrogen-bond acceptors (Lipinski definition) is 6. The van der Waals surface area contributed by atoms with Gasteiger partial charge in [0, 0.05) is 44.2 Å². The molecule has 0 bridgehead atoms. The van der Waals surface area contributed by atoms with Crippen LogP contribution in [0.5, 0.6) is 0 Å². The van der Waals surface area contributed by atoms with E-state index in [9.17, 15) is 9.90 Å². The fraction of sp³-hybridized carbons (Fsp3) is 0.444. The van der Waals surface area contributed by atoms with Gasteiger partial charge in [0.15, 0.2) is 5.82 Å². The Kier molecular flexibility index (Phi) is 4.94. The van der Waals surface area contributed by atoms with E-state index in [4.69, 9.17) is 9.97 Å². The van der Waals surface area contributed by atoms with Crippen molar-refractivity contribution in [1.29, 1.82) is 0 Å². The first kappa shape index (κ1) is 17.3. The maximum absolute atomic E-state index is 12.3. The average Bonchev–Trinajstić information content (AvgIpc) is 2.65. The Bertz CT molecular complexity index is 764. The van der Waals surface area contributed by atoms with Crippen molar-refractivity contribution in [3.05, 3.63) is 35.8 Å². The SMILES string of the molecule is CCC(O)C(=O)N1CCc2c(nc(-c3ccncc3)nc2N(C)C)C1. The summed E-state index contributed by atoms with van der Waals surface area (Å²) in [5, 5.41) is 9.86. The van der Waals surface area contributed by atoms with Gasteiger partial charge in [0.2, 0.25) is 0 Å². The molecule has 1 amide bonds. The topological polar surface area (TPSA) is 82.4 Å². The molecule has 0 saturated heterocycles. The highest BCUT2D eigenvalue weighted by molar-refractivity contribution is 5.81. The van der Waals surface area contributed by atoms with Crippen LogP contribution in [0.2, 0.25) is 0 Å². The van der Waals surface area contributed by atoms with Crippen LogP contribution in [0.15, 0.2) is 24.5 Å². The molecule has 3 heterocycles. The summed E-state index contributed by atoms with van der Waals surface area (Å²) in [4.78, 5) is 29.4. The van der Waals surface area contributed by atoms with Gasteiger partial charge in [0.1, 0.15) is 11.9 Å². The highest BCUT2D eigenvalue weighted by Gasteiger charge is 2.28. The van der Waals surface area contributed by atoms with E-state index in [1.54, 1.807) is 24.2 Å². The second-order valence-corrected chi connectivity index (χ2v) is 6.36. The zero-order valence-electron chi connectivity index (χ0n) is 14.8. The lowest BCUT2D eigenvalue weighted by molar-refractivity contribution is -0.141. The number of aromatic nitrogens is 3. The van der Waals surface area contributed by atoms with E-state index in [0.29, 0.717) is 31.8 Å². The predicted molar refractivity (Wildman–Crippen MR) is 95.0 cm³/mol. The van der Waals surface area contributed by atoms with Crippen molar-refractivity contribution in [2.75, 3.05) is 25.5 Å². The summed E-state index contributed by atoms with van der Waals surface area (Å²) in [6.07, 6.45) is 3.57. The quantitative estimate of drug-likeness (QED) is 0.901. The Labute approximate surface area is 147 Å². The normalized spacial score (nSPS) is 14.8. The lowest BCUT2D eigenvalue weighted by Gasteiger charge is -2.31. The van der Waals surface area contributed by atoms with E-state index < -0.39 is 6.10 Å². The number of carbonyl (C=O) groups is 1. The molecule has 0 fully saturated rings. The number of nitrogens with zero attached hydrogens (tertiary/aromatic N) is 5. The van der Waals surface area contributed by atoms with Crippen LogP contribution in [0.1, 0.15) is 24.6 Å². The van der Waals surface area contributed by atoms with Gasteiger partial charge in [-0.3, -0.25) is 9.78 Å². The molecule has 1 aliphatic heterocycles. The van der Waals surface area contributed by atoms with Gasteiger partial charge in [0.25, 0.3) is 5.91 Å². The van der Waals surface area contributed by atoms with Gasteiger partial charge >= 0.3 is 0 Å². The monoisotopic (exact) mass is 341 g/mol. The van der Waals surface area contributed by atoms with Crippen LogP contribution in [-0.4, -0.2) is 57.6 Å². The van der Waals surface area contributed by atoms with Gasteiger partial charge in [-0.1, -0.05) is 6.92 Å². The Balaban J connectivity index is 2.00. The Morgan fingerprint density at radius 2 is 2.04 bits per heavy atom. The molecule has 1 N–H and O–H groups in total. The fourth-order valence-electron chi connectivity index (χ4n) is 2.98. The van der Waals surface area contributed by atoms with Crippen LogP contribution in [0, 0.1) is 0 Å². The van der Waals surface area contributed by atoms with Gasteiger partial charge in [-0.05, 0) is 25.0 Å². The molecule has 0 radical (unpaired) electrons. The van der Waals surface area contributed by atoms with Crippen LogP contribution in [0.4, 0.5) is 5.82 Å². The number of anilines is 1. The molecule has 0 saturated carbocycles. The Morgan fingerprint density at radius 1 is 1.32 bits per heavy atom. The van der Waals surface area contributed by atoms with Gasteiger partial charge in [-0.25, -0.2) is 9.97 Å².